The van der Waals surface area contributed by atoms with Crippen molar-refractivity contribution in [3.05, 3.63) is 48.3 Å². The van der Waals surface area contributed by atoms with E-state index in [9.17, 15) is 9.18 Å². The number of anilines is 1. The lowest BCUT2D eigenvalue weighted by Gasteiger charge is -2.19. The molecule has 0 aliphatic carbocycles. The number of aromatic nitrogens is 4. The number of fused-ring (bicyclic) bond motifs is 1. The highest BCUT2D eigenvalue weighted by Crippen LogP contribution is 2.32. The summed E-state index contributed by atoms with van der Waals surface area (Å²) < 4.78 is 24.0. The summed E-state index contributed by atoms with van der Waals surface area (Å²) >= 11 is 0. The van der Waals surface area contributed by atoms with Crippen molar-refractivity contribution in [2.75, 3.05) is 18.5 Å². The number of hydrogen-bond donors (Lipinski definition) is 1. The topological polar surface area (TPSA) is 91.2 Å². The number of tetrazole rings is 1. The van der Waals surface area contributed by atoms with Gasteiger partial charge in [-0.3, -0.25) is 4.79 Å². The molecule has 0 saturated carbocycles. The summed E-state index contributed by atoms with van der Waals surface area (Å²) in [5, 5.41) is 14.9. The third-order valence-electron chi connectivity index (χ3n) is 4.07. The fraction of sp³-hybridized carbons (Fsp3) is 0.222. The first kappa shape index (κ1) is 17.0. The Morgan fingerprint density at radius 1 is 1.15 bits per heavy atom. The number of halogens is 1. The van der Waals surface area contributed by atoms with Crippen LogP contribution in [0, 0.1) is 5.82 Å². The zero-order chi connectivity index (χ0) is 18.8. The molecule has 8 nitrogen and oxygen atoms in total. The van der Waals surface area contributed by atoms with Crippen LogP contribution in [0.3, 0.4) is 0 Å². The van der Waals surface area contributed by atoms with E-state index in [-0.39, 0.29) is 11.7 Å². The SMILES string of the molecule is CC(C(=O)Nc1ccc2c(c1)OCCO2)n1nnc(-c2ccc(F)cc2)n1. The van der Waals surface area contributed by atoms with E-state index < -0.39 is 6.04 Å². The molecule has 1 aliphatic heterocycles. The molecule has 2 aromatic carbocycles. The van der Waals surface area contributed by atoms with Crippen molar-refractivity contribution in [2.45, 2.75) is 13.0 Å². The van der Waals surface area contributed by atoms with E-state index in [1.54, 1.807) is 37.3 Å². The maximum absolute atomic E-state index is 13.0. The van der Waals surface area contributed by atoms with E-state index in [1.165, 1.54) is 16.9 Å². The Morgan fingerprint density at radius 2 is 1.89 bits per heavy atom. The second-order valence-electron chi connectivity index (χ2n) is 5.96. The summed E-state index contributed by atoms with van der Waals surface area (Å²) in [6.07, 6.45) is 0. The third kappa shape index (κ3) is 3.57. The molecule has 4 rings (SSSR count). The number of nitrogens with zero attached hydrogens (tertiary/aromatic N) is 4. The number of ether oxygens (including phenoxy) is 2. The van der Waals surface area contributed by atoms with Crippen molar-refractivity contribution in [2.24, 2.45) is 0 Å². The Labute approximate surface area is 153 Å². The van der Waals surface area contributed by atoms with Crippen LogP contribution in [0.25, 0.3) is 11.4 Å². The summed E-state index contributed by atoms with van der Waals surface area (Å²) in [6, 6.07) is 10.2. The molecule has 1 aliphatic rings. The van der Waals surface area contributed by atoms with E-state index in [0.29, 0.717) is 41.8 Å². The molecule has 1 N–H and O–H groups in total. The van der Waals surface area contributed by atoms with Gasteiger partial charge in [0.1, 0.15) is 25.1 Å². The lowest BCUT2D eigenvalue weighted by Crippen LogP contribution is -2.25. The van der Waals surface area contributed by atoms with E-state index in [2.05, 4.69) is 20.7 Å². The molecule has 3 aromatic rings. The zero-order valence-electron chi connectivity index (χ0n) is 14.4. The van der Waals surface area contributed by atoms with Gasteiger partial charge in [0, 0.05) is 17.3 Å². The largest absolute Gasteiger partial charge is 0.486 e. The number of benzene rings is 2. The summed E-state index contributed by atoms with van der Waals surface area (Å²) in [4.78, 5) is 13.7. The van der Waals surface area contributed by atoms with Crippen LogP contribution < -0.4 is 14.8 Å². The van der Waals surface area contributed by atoms with Gasteiger partial charge < -0.3 is 14.8 Å². The Bertz CT molecular complexity index is 973. The average molecular weight is 369 g/mol. The second-order valence-corrected chi connectivity index (χ2v) is 5.96. The van der Waals surface area contributed by atoms with E-state index in [0.717, 1.165) is 0 Å². The van der Waals surface area contributed by atoms with Crippen molar-refractivity contribution in [3.8, 4) is 22.9 Å². The minimum Gasteiger partial charge on any atom is -0.486 e. The van der Waals surface area contributed by atoms with Crippen LogP contribution in [-0.2, 0) is 4.79 Å². The van der Waals surface area contributed by atoms with Crippen molar-refractivity contribution in [1.29, 1.82) is 0 Å². The first-order valence-corrected chi connectivity index (χ1v) is 8.36. The first-order valence-electron chi connectivity index (χ1n) is 8.36. The maximum Gasteiger partial charge on any atom is 0.250 e. The monoisotopic (exact) mass is 369 g/mol. The molecule has 1 unspecified atom stereocenters. The van der Waals surface area contributed by atoms with Crippen LogP contribution in [0.5, 0.6) is 11.5 Å². The summed E-state index contributed by atoms with van der Waals surface area (Å²) in [5.74, 6) is 0.889. The molecule has 0 bridgehead atoms. The molecule has 0 fully saturated rings. The van der Waals surface area contributed by atoms with Gasteiger partial charge in [-0.2, -0.15) is 4.80 Å². The van der Waals surface area contributed by atoms with Crippen LogP contribution in [0.1, 0.15) is 13.0 Å². The molecule has 1 aromatic heterocycles. The van der Waals surface area contributed by atoms with Crippen molar-refractivity contribution < 1.29 is 18.7 Å². The molecule has 1 amide bonds. The van der Waals surface area contributed by atoms with Gasteiger partial charge in [0.15, 0.2) is 11.5 Å². The van der Waals surface area contributed by atoms with Crippen molar-refractivity contribution in [1.82, 2.24) is 20.2 Å². The van der Waals surface area contributed by atoms with Gasteiger partial charge in [0.2, 0.25) is 5.82 Å². The Kier molecular flexibility index (Phi) is 4.41. The van der Waals surface area contributed by atoms with Crippen LogP contribution >= 0.6 is 0 Å². The Morgan fingerprint density at radius 3 is 2.67 bits per heavy atom. The quantitative estimate of drug-likeness (QED) is 0.760. The molecule has 0 saturated heterocycles. The number of nitrogens with one attached hydrogen (secondary N) is 1. The molecule has 0 spiro atoms. The number of carbonyl (C=O) groups is 1. The number of hydrogen-bond acceptors (Lipinski definition) is 6. The highest BCUT2D eigenvalue weighted by atomic mass is 19.1. The third-order valence-corrected chi connectivity index (χ3v) is 4.07. The van der Waals surface area contributed by atoms with Gasteiger partial charge in [0.25, 0.3) is 5.91 Å². The smallest absolute Gasteiger partial charge is 0.250 e. The number of amides is 1. The number of carbonyl (C=O) groups excluding carboxylic acids is 1. The highest BCUT2D eigenvalue weighted by molar-refractivity contribution is 5.93. The van der Waals surface area contributed by atoms with Crippen LogP contribution in [0.15, 0.2) is 42.5 Å². The molecular formula is C18H16FN5O3. The fourth-order valence-electron chi connectivity index (χ4n) is 2.58. The van der Waals surface area contributed by atoms with Crippen LogP contribution in [0.2, 0.25) is 0 Å². The van der Waals surface area contributed by atoms with Crippen molar-refractivity contribution in [3.63, 3.8) is 0 Å². The molecule has 27 heavy (non-hydrogen) atoms. The second kappa shape index (κ2) is 7.02. The minimum atomic E-state index is -0.695. The lowest BCUT2D eigenvalue weighted by molar-refractivity contribution is -0.119. The van der Waals surface area contributed by atoms with Crippen molar-refractivity contribution >= 4 is 11.6 Å². The Balaban J connectivity index is 1.47. The van der Waals surface area contributed by atoms with Gasteiger partial charge in [-0.05, 0) is 48.5 Å². The predicted octanol–water partition coefficient (Wildman–Crippen LogP) is 2.45. The molecular weight excluding hydrogens is 353 g/mol. The fourth-order valence-corrected chi connectivity index (χ4v) is 2.58. The highest BCUT2D eigenvalue weighted by Gasteiger charge is 2.20. The standard InChI is InChI=1S/C18H16FN5O3/c1-11(24-22-17(21-23-24)12-2-4-13(19)5-3-12)18(25)20-14-6-7-15-16(10-14)27-9-8-26-15/h2-7,10-11H,8-9H2,1H3,(H,20,25). The normalized spacial score (nSPS) is 13.9. The van der Waals surface area contributed by atoms with E-state index in [4.69, 9.17) is 9.47 Å². The first-order chi connectivity index (χ1) is 13.1. The van der Waals surface area contributed by atoms with Gasteiger partial charge >= 0.3 is 0 Å². The van der Waals surface area contributed by atoms with Gasteiger partial charge in [0.05, 0.1) is 0 Å². The average Bonchev–Trinajstić information content (AvgIpc) is 3.18. The Hall–Kier alpha value is -3.49. The van der Waals surface area contributed by atoms with Crippen LogP contribution in [0.4, 0.5) is 10.1 Å². The van der Waals surface area contributed by atoms with E-state index >= 15 is 0 Å². The molecule has 9 heteroatoms. The summed E-state index contributed by atoms with van der Waals surface area (Å²) in [5.41, 5.74) is 1.19. The van der Waals surface area contributed by atoms with Gasteiger partial charge in [-0.1, -0.05) is 0 Å². The molecule has 1 atom stereocenters. The number of rotatable bonds is 4. The zero-order valence-corrected chi connectivity index (χ0v) is 14.4. The predicted molar refractivity (Wildman–Crippen MR) is 94.0 cm³/mol. The molecule has 0 radical (unpaired) electrons. The molecule has 2 heterocycles. The molecule has 138 valence electrons. The summed E-state index contributed by atoms with van der Waals surface area (Å²) in [6.45, 7) is 2.63. The summed E-state index contributed by atoms with van der Waals surface area (Å²) in [7, 11) is 0. The minimum absolute atomic E-state index is 0.310. The maximum atomic E-state index is 13.0. The van der Waals surface area contributed by atoms with Gasteiger partial charge in [-0.25, -0.2) is 4.39 Å². The van der Waals surface area contributed by atoms with Gasteiger partial charge in [-0.15, -0.1) is 10.2 Å². The lowest BCUT2D eigenvalue weighted by atomic mass is 10.2. The van der Waals surface area contributed by atoms with E-state index in [1.807, 2.05) is 0 Å². The van der Waals surface area contributed by atoms with Crippen LogP contribution in [-0.4, -0.2) is 39.3 Å².